The molecule has 2 nitrogen and oxygen atoms in total. The molecule has 1 spiro atoms. The van der Waals surface area contributed by atoms with Gasteiger partial charge in [-0.15, -0.1) is 0 Å². The van der Waals surface area contributed by atoms with Gasteiger partial charge < -0.3 is 0 Å². The number of piperidine rings is 1. The normalized spacial score (nSPS) is 31.5. The minimum Gasteiger partial charge on any atom is -0.248 e. The second-order valence-corrected chi connectivity index (χ2v) is 6.73. The third-order valence-corrected chi connectivity index (χ3v) is 4.95. The van der Waals surface area contributed by atoms with Crippen molar-refractivity contribution < 1.29 is 0 Å². The van der Waals surface area contributed by atoms with Crippen LogP contribution in [0.25, 0.3) is 0 Å². The van der Waals surface area contributed by atoms with Gasteiger partial charge in [0.25, 0.3) is 0 Å². The van der Waals surface area contributed by atoms with Gasteiger partial charge in [-0.25, -0.2) is 6.23 Å². The largest absolute Gasteiger partial charge is 0.248 e. The molecule has 0 aromatic carbocycles. The molecule has 4 heteroatoms. The SMILES string of the molecule is IN1CCC2(CC1)CCN(I)C2. The summed E-state index contributed by atoms with van der Waals surface area (Å²) in [4.78, 5) is 0. The third-order valence-electron chi connectivity index (χ3n) is 3.16. The zero-order chi connectivity index (χ0) is 8.60. The van der Waals surface area contributed by atoms with Crippen LogP contribution in [0.15, 0.2) is 0 Å². The van der Waals surface area contributed by atoms with E-state index in [0.717, 1.165) is 0 Å². The highest BCUT2D eigenvalue weighted by Crippen LogP contribution is 2.41. The molecule has 2 heterocycles. The summed E-state index contributed by atoms with van der Waals surface area (Å²) in [6, 6.07) is 0. The van der Waals surface area contributed by atoms with Crippen LogP contribution in [0, 0.1) is 5.41 Å². The van der Waals surface area contributed by atoms with Crippen molar-refractivity contribution in [3.8, 4) is 0 Å². The van der Waals surface area contributed by atoms with E-state index in [9.17, 15) is 0 Å². The third kappa shape index (κ3) is 2.06. The quantitative estimate of drug-likeness (QED) is 0.462. The summed E-state index contributed by atoms with van der Waals surface area (Å²) < 4.78 is 4.89. The summed E-state index contributed by atoms with van der Waals surface area (Å²) in [5.41, 5.74) is 0.697. The van der Waals surface area contributed by atoms with Gasteiger partial charge in [-0.3, -0.25) is 0 Å². The smallest absolute Gasteiger partial charge is 0.0201 e. The highest BCUT2D eigenvalue weighted by molar-refractivity contribution is 14.1. The van der Waals surface area contributed by atoms with E-state index in [2.05, 4.69) is 52.0 Å². The Morgan fingerprint density at radius 2 is 1.33 bits per heavy atom. The molecular formula is C8H14I2N2. The Bertz CT molecular complexity index is 166. The van der Waals surface area contributed by atoms with E-state index in [1.165, 1.54) is 45.4 Å². The maximum atomic E-state index is 2.47. The van der Waals surface area contributed by atoms with Crippen molar-refractivity contribution in [1.29, 1.82) is 0 Å². The number of hydrogen-bond acceptors (Lipinski definition) is 2. The Balaban J connectivity index is 1.95. The minimum absolute atomic E-state index is 0.697. The highest BCUT2D eigenvalue weighted by Gasteiger charge is 2.39. The molecule has 12 heavy (non-hydrogen) atoms. The topological polar surface area (TPSA) is 6.48 Å². The molecule has 0 saturated carbocycles. The van der Waals surface area contributed by atoms with E-state index in [1.54, 1.807) is 0 Å². The van der Waals surface area contributed by atoms with Crippen LogP contribution < -0.4 is 0 Å². The van der Waals surface area contributed by atoms with E-state index in [-0.39, 0.29) is 0 Å². The van der Waals surface area contributed by atoms with E-state index in [4.69, 9.17) is 0 Å². The number of rotatable bonds is 0. The molecule has 0 aromatic rings. The van der Waals surface area contributed by atoms with E-state index in [0.29, 0.717) is 5.41 Å². The molecule has 0 aromatic heterocycles. The van der Waals surface area contributed by atoms with Gasteiger partial charge in [0.1, 0.15) is 0 Å². The van der Waals surface area contributed by atoms with Crippen molar-refractivity contribution in [3.05, 3.63) is 0 Å². The van der Waals surface area contributed by atoms with Gasteiger partial charge in [-0.1, -0.05) is 0 Å². The van der Waals surface area contributed by atoms with Gasteiger partial charge in [0.2, 0.25) is 0 Å². The summed E-state index contributed by atoms with van der Waals surface area (Å²) in [5, 5.41) is 0. The monoisotopic (exact) mass is 392 g/mol. The average Bonchev–Trinajstić information content (AvgIpc) is 2.40. The average molecular weight is 392 g/mol. The Labute approximate surface area is 102 Å². The molecule has 0 aliphatic carbocycles. The molecule has 0 radical (unpaired) electrons. The first-order valence-corrected chi connectivity index (χ1v) is 6.45. The van der Waals surface area contributed by atoms with Crippen LogP contribution in [0.4, 0.5) is 0 Å². The first-order valence-electron chi connectivity index (χ1n) is 4.52. The second kappa shape index (κ2) is 3.86. The van der Waals surface area contributed by atoms with E-state index < -0.39 is 0 Å². The lowest BCUT2D eigenvalue weighted by Gasteiger charge is -2.36. The predicted octanol–water partition coefficient (Wildman–Crippen LogP) is 2.47. The molecule has 70 valence electrons. The molecule has 0 amide bonds. The van der Waals surface area contributed by atoms with Gasteiger partial charge in [-0.05, 0) is 24.7 Å². The molecule has 2 saturated heterocycles. The Kier molecular flexibility index (Phi) is 3.19. The van der Waals surface area contributed by atoms with Crippen LogP contribution >= 0.6 is 45.7 Å². The molecule has 0 atom stereocenters. The standard InChI is InChI=1S/C8H14I2N2/c9-11-4-1-8(2-5-11)3-6-12(10)7-8/h1-7H2. The number of nitrogens with zero attached hydrogens (tertiary/aromatic N) is 2. The molecule has 2 aliphatic rings. The van der Waals surface area contributed by atoms with Gasteiger partial charge in [0.05, 0.1) is 0 Å². The van der Waals surface area contributed by atoms with Crippen LogP contribution in [-0.4, -0.2) is 32.4 Å². The van der Waals surface area contributed by atoms with Crippen molar-refractivity contribution >= 4 is 45.7 Å². The second-order valence-electron chi connectivity index (χ2n) is 4.00. The van der Waals surface area contributed by atoms with Crippen LogP contribution in [0.3, 0.4) is 0 Å². The molecular weight excluding hydrogens is 378 g/mol. The van der Waals surface area contributed by atoms with Gasteiger partial charge in [0, 0.05) is 71.9 Å². The van der Waals surface area contributed by atoms with Crippen molar-refractivity contribution in [1.82, 2.24) is 6.23 Å². The van der Waals surface area contributed by atoms with E-state index in [1.807, 2.05) is 0 Å². The highest BCUT2D eigenvalue weighted by atomic mass is 127. The zero-order valence-electron chi connectivity index (χ0n) is 7.10. The van der Waals surface area contributed by atoms with Crippen molar-refractivity contribution in [2.75, 3.05) is 26.2 Å². The van der Waals surface area contributed by atoms with Crippen LogP contribution in [0.5, 0.6) is 0 Å². The lowest BCUT2D eigenvalue weighted by Crippen LogP contribution is -2.36. The van der Waals surface area contributed by atoms with Crippen LogP contribution in [0.1, 0.15) is 19.3 Å². The van der Waals surface area contributed by atoms with Crippen LogP contribution in [-0.2, 0) is 0 Å². The molecule has 0 bridgehead atoms. The summed E-state index contributed by atoms with van der Waals surface area (Å²) in [6.07, 6.45) is 4.26. The van der Waals surface area contributed by atoms with Gasteiger partial charge in [-0.2, -0.15) is 0 Å². The lowest BCUT2D eigenvalue weighted by molar-refractivity contribution is 0.187. The molecule has 2 aliphatic heterocycles. The number of hydrogen-bond donors (Lipinski definition) is 0. The first kappa shape index (κ1) is 9.92. The fourth-order valence-corrected chi connectivity index (χ4v) is 3.69. The fraction of sp³-hybridized carbons (Fsp3) is 1.00. The summed E-state index contributed by atoms with van der Waals surface area (Å²) in [6.45, 7) is 5.23. The van der Waals surface area contributed by atoms with Crippen molar-refractivity contribution in [3.63, 3.8) is 0 Å². The summed E-state index contributed by atoms with van der Waals surface area (Å²) in [7, 11) is 0. The van der Waals surface area contributed by atoms with Crippen LogP contribution in [0.2, 0.25) is 0 Å². The summed E-state index contributed by atoms with van der Waals surface area (Å²) in [5.74, 6) is 0. The minimum atomic E-state index is 0.697. The first-order chi connectivity index (χ1) is 5.70. The van der Waals surface area contributed by atoms with Gasteiger partial charge in [0.15, 0.2) is 0 Å². The van der Waals surface area contributed by atoms with Crippen molar-refractivity contribution in [2.45, 2.75) is 19.3 Å². The maximum absolute atomic E-state index is 2.47. The molecule has 0 unspecified atom stereocenters. The van der Waals surface area contributed by atoms with Gasteiger partial charge >= 0.3 is 0 Å². The zero-order valence-corrected chi connectivity index (χ0v) is 11.4. The Morgan fingerprint density at radius 1 is 0.833 bits per heavy atom. The maximum Gasteiger partial charge on any atom is 0.0201 e. The summed E-state index contributed by atoms with van der Waals surface area (Å²) >= 11 is 4.92. The van der Waals surface area contributed by atoms with E-state index >= 15 is 0 Å². The predicted molar refractivity (Wildman–Crippen MR) is 67.5 cm³/mol. The Hall–Kier alpha value is 1.38. The number of halogens is 2. The molecule has 0 N–H and O–H groups in total. The molecule has 2 fully saturated rings. The lowest BCUT2D eigenvalue weighted by atomic mass is 9.78. The Morgan fingerprint density at radius 3 is 1.83 bits per heavy atom. The fourth-order valence-electron chi connectivity index (χ4n) is 2.24. The van der Waals surface area contributed by atoms with Crippen molar-refractivity contribution in [2.24, 2.45) is 5.41 Å². The molecule has 2 rings (SSSR count).